The van der Waals surface area contributed by atoms with Gasteiger partial charge in [0.2, 0.25) is 0 Å². The van der Waals surface area contributed by atoms with E-state index in [1.807, 2.05) is 0 Å². The van der Waals surface area contributed by atoms with Gasteiger partial charge in [-0.1, -0.05) is 42.5 Å². The van der Waals surface area contributed by atoms with Crippen molar-refractivity contribution in [3.63, 3.8) is 0 Å². The Bertz CT molecular complexity index is 563. The van der Waals surface area contributed by atoms with E-state index in [2.05, 4.69) is 0 Å². The van der Waals surface area contributed by atoms with Crippen molar-refractivity contribution in [1.82, 2.24) is 0 Å². The molecule has 0 fully saturated rings. The van der Waals surface area contributed by atoms with Crippen molar-refractivity contribution in [2.75, 3.05) is 0 Å². The summed E-state index contributed by atoms with van der Waals surface area (Å²) in [6, 6.07) is 7.66. The fourth-order valence-electron chi connectivity index (χ4n) is 1.64. The van der Waals surface area contributed by atoms with Gasteiger partial charge >= 0.3 is 23.9 Å². The van der Waals surface area contributed by atoms with Crippen molar-refractivity contribution in [3.05, 3.63) is 42.0 Å². The van der Waals surface area contributed by atoms with Crippen molar-refractivity contribution in [2.45, 2.75) is 36.5 Å². The molecule has 0 saturated carbocycles. The van der Waals surface area contributed by atoms with Gasteiger partial charge in [-0.3, -0.25) is 0 Å². The molecule has 0 radical (unpaired) electrons. The first-order valence-electron chi connectivity index (χ1n) is 6.35. The van der Waals surface area contributed by atoms with Gasteiger partial charge in [0.25, 0.3) is 0 Å². The largest absolute Gasteiger partial charge is 0.460 e. The summed E-state index contributed by atoms with van der Waals surface area (Å²) < 4.78 is 114. The van der Waals surface area contributed by atoms with E-state index in [0.29, 0.717) is 5.56 Å². The third kappa shape index (κ3) is 3.68. The van der Waals surface area contributed by atoms with E-state index in [1.165, 1.54) is 12.1 Å². The summed E-state index contributed by atoms with van der Waals surface area (Å²) in [5, 5.41) is 9.04. The fourth-order valence-corrected chi connectivity index (χ4v) is 1.64. The van der Waals surface area contributed by atoms with Gasteiger partial charge in [-0.15, -0.1) is 0 Å². The maximum absolute atomic E-state index is 13.3. The van der Waals surface area contributed by atoms with E-state index >= 15 is 0 Å². The van der Waals surface area contributed by atoms with Gasteiger partial charge < -0.3 is 5.11 Å². The molecule has 136 valence electrons. The Kier molecular flexibility index (Phi) is 5.64. The Morgan fingerprint density at radius 1 is 0.833 bits per heavy atom. The van der Waals surface area contributed by atoms with Crippen LogP contribution in [0.15, 0.2) is 36.4 Å². The number of benzene rings is 1. The Labute approximate surface area is 130 Å². The number of hydrogen-bond donors (Lipinski definition) is 1. The van der Waals surface area contributed by atoms with Gasteiger partial charge in [-0.2, -0.15) is 39.5 Å². The van der Waals surface area contributed by atoms with Crippen LogP contribution in [0.4, 0.5) is 39.5 Å². The highest BCUT2D eigenvalue weighted by Gasteiger charge is 2.82. The summed E-state index contributed by atoms with van der Waals surface area (Å²) in [7, 11) is 0. The van der Waals surface area contributed by atoms with Gasteiger partial charge in [-0.25, -0.2) is 0 Å². The molecule has 1 atom stereocenters. The smallest absolute Gasteiger partial charge is 0.386 e. The quantitative estimate of drug-likeness (QED) is 0.709. The number of hydrogen-bond acceptors (Lipinski definition) is 1. The molecule has 10 heteroatoms. The lowest BCUT2D eigenvalue weighted by Crippen LogP contribution is -2.64. The van der Waals surface area contributed by atoms with Gasteiger partial charge in [0.05, 0.1) is 0 Å². The lowest BCUT2D eigenvalue weighted by molar-refractivity contribution is -0.405. The third-order valence-corrected chi connectivity index (χ3v) is 3.06. The third-order valence-electron chi connectivity index (χ3n) is 3.06. The van der Waals surface area contributed by atoms with Gasteiger partial charge in [0.15, 0.2) is 0 Å². The standard InChI is InChI=1S/C14H11F9O/c15-11(16,12(17,18)13(19,20)14(21,22)23)10(24)8-4-7-9-5-2-1-3-6-9/h1-7,10,24H,8H2/b7-4+. The van der Waals surface area contributed by atoms with E-state index in [1.54, 1.807) is 18.2 Å². The van der Waals surface area contributed by atoms with E-state index in [0.717, 1.165) is 12.2 Å². The van der Waals surface area contributed by atoms with Crippen molar-refractivity contribution >= 4 is 6.08 Å². The predicted octanol–water partition coefficient (Wildman–Crippen LogP) is 4.92. The van der Waals surface area contributed by atoms with Gasteiger partial charge in [0.1, 0.15) is 6.10 Å². The van der Waals surface area contributed by atoms with Crippen LogP contribution in [0.25, 0.3) is 6.08 Å². The second-order valence-electron chi connectivity index (χ2n) is 4.83. The van der Waals surface area contributed by atoms with Crippen molar-refractivity contribution in [3.8, 4) is 0 Å². The summed E-state index contributed by atoms with van der Waals surface area (Å²) in [6.45, 7) is 0. The van der Waals surface area contributed by atoms with E-state index in [9.17, 15) is 39.5 Å². The number of halogens is 9. The zero-order valence-corrected chi connectivity index (χ0v) is 11.7. The van der Waals surface area contributed by atoms with E-state index in [-0.39, 0.29) is 0 Å². The fraction of sp³-hybridized carbons (Fsp3) is 0.429. The summed E-state index contributed by atoms with van der Waals surface area (Å²) in [4.78, 5) is 0. The van der Waals surface area contributed by atoms with Crippen LogP contribution in [0.2, 0.25) is 0 Å². The topological polar surface area (TPSA) is 20.2 Å². The van der Waals surface area contributed by atoms with Crippen LogP contribution in [-0.4, -0.2) is 35.2 Å². The normalized spacial score (nSPS) is 15.8. The molecule has 1 rings (SSSR count). The highest BCUT2D eigenvalue weighted by molar-refractivity contribution is 5.48. The Hall–Kier alpha value is -1.71. The number of aliphatic hydroxyl groups excluding tert-OH is 1. The minimum atomic E-state index is -7.01. The zero-order valence-electron chi connectivity index (χ0n) is 11.7. The van der Waals surface area contributed by atoms with Crippen LogP contribution in [0.5, 0.6) is 0 Å². The lowest BCUT2D eigenvalue weighted by Gasteiger charge is -2.35. The Morgan fingerprint density at radius 3 is 1.79 bits per heavy atom. The average Bonchev–Trinajstić information content (AvgIpc) is 2.46. The first-order valence-corrected chi connectivity index (χ1v) is 6.35. The molecule has 0 aliphatic rings. The second kappa shape index (κ2) is 6.66. The molecule has 0 saturated heterocycles. The van der Waals surface area contributed by atoms with Crippen LogP contribution in [0.3, 0.4) is 0 Å². The van der Waals surface area contributed by atoms with Gasteiger partial charge in [0, 0.05) is 0 Å². The maximum atomic E-state index is 13.3. The van der Waals surface area contributed by atoms with Crippen molar-refractivity contribution in [2.24, 2.45) is 0 Å². The molecule has 1 N–H and O–H groups in total. The molecule has 0 bridgehead atoms. The molecule has 0 aliphatic carbocycles. The predicted molar refractivity (Wildman–Crippen MR) is 67.0 cm³/mol. The van der Waals surface area contributed by atoms with Crippen LogP contribution in [-0.2, 0) is 0 Å². The molecule has 1 aromatic carbocycles. The molecule has 1 nitrogen and oxygen atoms in total. The lowest BCUT2D eigenvalue weighted by atomic mass is 9.97. The molecule has 0 amide bonds. The molecule has 0 spiro atoms. The molecule has 0 aromatic heterocycles. The van der Waals surface area contributed by atoms with E-state index in [4.69, 9.17) is 5.11 Å². The van der Waals surface area contributed by atoms with Crippen LogP contribution in [0, 0.1) is 0 Å². The van der Waals surface area contributed by atoms with Crippen LogP contribution < -0.4 is 0 Å². The number of rotatable bonds is 6. The Morgan fingerprint density at radius 2 is 1.33 bits per heavy atom. The van der Waals surface area contributed by atoms with Crippen LogP contribution >= 0.6 is 0 Å². The number of alkyl halides is 9. The van der Waals surface area contributed by atoms with Crippen molar-refractivity contribution in [1.29, 1.82) is 0 Å². The molecular formula is C14H11F9O. The van der Waals surface area contributed by atoms with E-state index < -0.39 is 36.5 Å². The second-order valence-corrected chi connectivity index (χ2v) is 4.83. The highest BCUT2D eigenvalue weighted by Crippen LogP contribution is 2.54. The van der Waals surface area contributed by atoms with Gasteiger partial charge in [-0.05, 0) is 12.0 Å². The molecule has 0 aliphatic heterocycles. The molecule has 0 heterocycles. The number of aliphatic hydroxyl groups is 1. The monoisotopic (exact) mass is 366 g/mol. The first kappa shape index (κ1) is 20.3. The summed E-state index contributed by atoms with van der Waals surface area (Å²) in [5.41, 5.74) is 0.417. The molecule has 1 aromatic rings. The minimum absolute atomic E-state index is 0.417. The van der Waals surface area contributed by atoms with Crippen LogP contribution in [0.1, 0.15) is 12.0 Å². The average molecular weight is 366 g/mol. The SMILES string of the molecule is OC(C/C=C/c1ccccc1)C(F)(F)C(F)(F)C(F)(F)C(F)(F)F. The maximum Gasteiger partial charge on any atom is 0.460 e. The van der Waals surface area contributed by atoms with Crippen molar-refractivity contribution < 1.29 is 44.6 Å². The summed E-state index contributed by atoms with van der Waals surface area (Å²) >= 11 is 0. The first-order chi connectivity index (χ1) is 10.7. The Balaban J connectivity index is 2.95. The molecule has 24 heavy (non-hydrogen) atoms. The highest BCUT2D eigenvalue weighted by atomic mass is 19.4. The molecule has 1 unspecified atom stereocenters. The zero-order chi connectivity index (χ0) is 18.8. The summed E-state index contributed by atoms with van der Waals surface area (Å²) in [5.74, 6) is -19.8. The molecular weight excluding hydrogens is 355 g/mol. The summed E-state index contributed by atoms with van der Waals surface area (Å²) in [6.07, 6.45) is -9.74. The minimum Gasteiger partial charge on any atom is -0.386 e.